The van der Waals surface area contributed by atoms with Crippen molar-refractivity contribution in [2.24, 2.45) is 5.92 Å². The summed E-state index contributed by atoms with van der Waals surface area (Å²) in [7, 11) is 0. The summed E-state index contributed by atoms with van der Waals surface area (Å²) in [4.78, 5) is 14.5. The van der Waals surface area contributed by atoms with Crippen LogP contribution in [0.3, 0.4) is 0 Å². The van der Waals surface area contributed by atoms with Gasteiger partial charge in [0.2, 0.25) is 0 Å². The maximum Gasteiger partial charge on any atom is 0.314 e. The SMILES string of the molecule is CCOc1ccc(C(CNC(=O)NCCC(C)C)N2CCOCC2)cc1. The monoisotopic (exact) mass is 363 g/mol. The number of amides is 2. The number of carbonyl (C=O) groups is 1. The molecular weight excluding hydrogens is 330 g/mol. The number of ether oxygens (including phenoxy) is 2. The van der Waals surface area contributed by atoms with E-state index < -0.39 is 0 Å². The maximum absolute atomic E-state index is 12.1. The van der Waals surface area contributed by atoms with Crippen molar-refractivity contribution in [3.63, 3.8) is 0 Å². The first-order valence-electron chi connectivity index (χ1n) is 9.66. The summed E-state index contributed by atoms with van der Waals surface area (Å²) in [6.07, 6.45) is 0.985. The van der Waals surface area contributed by atoms with E-state index in [1.54, 1.807) is 0 Å². The largest absolute Gasteiger partial charge is 0.494 e. The molecule has 0 saturated carbocycles. The predicted octanol–water partition coefficient (Wildman–Crippen LogP) is 2.80. The molecule has 1 aromatic carbocycles. The van der Waals surface area contributed by atoms with Gasteiger partial charge in [-0.25, -0.2) is 4.79 Å². The summed E-state index contributed by atoms with van der Waals surface area (Å²) in [6.45, 7) is 11.4. The fourth-order valence-electron chi connectivity index (χ4n) is 3.03. The lowest BCUT2D eigenvalue weighted by atomic mass is 10.0. The summed E-state index contributed by atoms with van der Waals surface area (Å²) < 4.78 is 11.0. The number of urea groups is 1. The molecule has 6 heteroatoms. The van der Waals surface area contributed by atoms with Gasteiger partial charge in [-0.15, -0.1) is 0 Å². The van der Waals surface area contributed by atoms with Crippen LogP contribution in [0.25, 0.3) is 0 Å². The van der Waals surface area contributed by atoms with E-state index >= 15 is 0 Å². The highest BCUT2D eigenvalue weighted by atomic mass is 16.5. The van der Waals surface area contributed by atoms with Crippen molar-refractivity contribution in [1.82, 2.24) is 15.5 Å². The zero-order chi connectivity index (χ0) is 18.8. The van der Waals surface area contributed by atoms with Crippen molar-refractivity contribution < 1.29 is 14.3 Å². The lowest BCUT2D eigenvalue weighted by Gasteiger charge is -2.35. The van der Waals surface area contributed by atoms with Crippen LogP contribution in [0, 0.1) is 5.92 Å². The minimum absolute atomic E-state index is 0.102. The van der Waals surface area contributed by atoms with Crippen molar-refractivity contribution in [3.8, 4) is 5.75 Å². The van der Waals surface area contributed by atoms with E-state index in [4.69, 9.17) is 9.47 Å². The van der Waals surface area contributed by atoms with Crippen LogP contribution < -0.4 is 15.4 Å². The van der Waals surface area contributed by atoms with Crippen molar-refractivity contribution >= 4 is 6.03 Å². The molecule has 0 aromatic heterocycles. The summed E-state index contributed by atoms with van der Waals surface area (Å²) in [6, 6.07) is 8.19. The molecule has 0 spiro atoms. The highest BCUT2D eigenvalue weighted by Crippen LogP contribution is 2.23. The smallest absolute Gasteiger partial charge is 0.314 e. The fraction of sp³-hybridized carbons (Fsp3) is 0.650. The summed E-state index contributed by atoms with van der Waals surface area (Å²) in [5, 5.41) is 5.96. The van der Waals surface area contributed by atoms with Crippen molar-refractivity contribution in [2.75, 3.05) is 46.0 Å². The minimum Gasteiger partial charge on any atom is -0.494 e. The second-order valence-electron chi connectivity index (χ2n) is 6.99. The highest BCUT2D eigenvalue weighted by Gasteiger charge is 2.23. The first kappa shape index (κ1) is 20.5. The lowest BCUT2D eigenvalue weighted by Crippen LogP contribution is -2.45. The predicted molar refractivity (Wildman–Crippen MR) is 104 cm³/mol. The molecule has 1 aromatic rings. The van der Waals surface area contributed by atoms with Gasteiger partial charge in [-0.2, -0.15) is 0 Å². The first-order chi connectivity index (χ1) is 12.6. The van der Waals surface area contributed by atoms with Gasteiger partial charge < -0.3 is 20.1 Å². The molecular formula is C20H33N3O3. The first-order valence-corrected chi connectivity index (χ1v) is 9.66. The van der Waals surface area contributed by atoms with Crippen molar-refractivity contribution in [2.45, 2.75) is 33.2 Å². The second-order valence-corrected chi connectivity index (χ2v) is 6.99. The van der Waals surface area contributed by atoms with Crippen molar-refractivity contribution in [3.05, 3.63) is 29.8 Å². The fourth-order valence-corrected chi connectivity index (χ4v) is 3.03. The molecule has 1 aliphatic rings. The second kappa shape index (κ2) is 11.0. The Bertz CT molecular complexity index is 528. The maximum atomic E-state index is 12.1. The van der Waals surface area contributed by atoms with Gasteiger partial charge in [-0.05, 0) is 37.0 Å². The van der Waals surface area contributed by atoms with Gasteiger partial charge in [0, 0.05) is 26.2 Å². The Hall–Kier alpha value is -1.79. The molecule has 1 saturated heterocycles. The third kappa shape index (κ3) is 6.84. The van der Waals surface area contributed by atoms with Gasteiger partial charge >= 0.3 is 6.03 Å². The zero-order valence-corrected chi connectivity index (χ0v) is 16.3. The molecule has 1 aliphatic heterocycles. The minimum atomic E-state index is -0.102. The normalized spacial score (nSPS) is 16.3. The van der Waals surface area contributed by atoms with Crippen LogP contribution in [0.2, 0.25) is 0 Å². The number of hydrogen-bond donors (Lipinski definition) is 2. The van der Waals surface area contributed by atoms with Gasteiger partial charge in [-0.1, -0.05) is 26.0 Å². The zero-order valence-electron chi connectivity index (χ0n) is 16.3. The van der Waals surface area contributed by atoms with Gasteiger partial charge in [0.05, 0.1) is 25.9 Å². The molecule has 6 nitrogen and oxygen atoms in total. The Morgan fingerprint density at radius 1 is 1.19 bits per heavy atom. The van der Waals surface area contributed by atoms with E-state index in [-0.39, 0.29) is 12.1 Å². The Morgan fingerprint density at radius 2 is 1.88 bits per heavy atom. The number of benzene rings is 1. The number of rotatable bonds is 9. The molecule has 2 N–H and O–H groups in total. The van der Waals surface area contributed by atoms with E-state index in [1.807, 2.05) is 19.1 Å². The number of nitrogens with zero attached hydrogens (tertiary/aromatic N) is 1. The number of nitrogens with one attached hydrogen (secondary N) is 2. The van der Waals surface area contributed by atoms with Crippen LogP contribution in [0.1, 0.15) is 38.8 Å². The third-order valence-corrected chi connectivity index (χ3v) is 4.53. The third-order valence-electron chi connectivity index (χ3n) is 4.53. The molecule has 1 atom stereocenters. The lowest BCUT2D eigenvalue weighted by molar-refractivity contribution is 0.0167. The molecule has 1 fully saturated rings. The van der Waals surface area contributed by atoms with E-state index in [9.17, 15) is 4.79 Å². The summed E-state index contributed by atoms with van der Waals surface area (Å²) >= 11 is 0. The van der Waals surface area contributed by atoms with Crippen LogP contribution in [-0.4, -0.2) is 56.9 Å². The Morgan fingerprint density at radius 3 is 2.50 bits per heavy atom. The molecule has 26 heavy (non-hydrogen) atoms. The average Bonchev–Trinajstić information content (AvgIpc) is 2.64. The number of hydrogen-bond acceptors (Lipinski definition) is 4. The van der Waals surface area contributed by atoms with Gasteiger partial charge in [-0.3, -0.25) is 4.90 Å². The van der Waals surface area contributed by atoms with Gasteiger partial charge in [0.1, 0.15) is 5.75 Å². The van der Waals surface area contributed by atoms with Crippen LogP contribution in [0.5, 0.6) is 5.75 Å². The quantitative estimate of drug-likeness (QED) is 0.708. The molecule has 146 valence electrons. The topological polar surface area (TPSA) is 62.8 Å². The van der Waals surface area contributed by atoms with Crippen LogP contribution in [-0.2, 0) is 4.74 Å². The summed E-state index contributed by atoms with van der Waals surface area (Å²) in [5.74, 6) is 1.46. The molecule has 0 bridgehead atoms. The van der Waals surface area contributed by atoms with E-state index in [2.05, 4.69) is 41.5 Å². The average molecular weight is 364 g/mol. The molecule has 2 rings (SSSR count). The van der Waals surface area contributed by atoms with E-state index in [1.165, 1.54) is 5.56 Å². The number of carbonyl (C=O) groups excluding carboxylic acids is 1. The molecule has 0 aliphatic carbocycles. The van der Waals surface area contributed by atoms with Crippen LogP contribution >= 0.6 is 0 Å². The Kier molecular flexibility index (Phi) is 8.71. The Labute approximate surface area is 157 Å². The highest BCUT2D eigenvalue weighted by molar-refractivity contribution is 5.73. The molecule has 1 unspecified atom stereocenters. The van der Waals surface area contributed by atoms with Crippen molar-refractivity contribution in [1.29, 1.82) is 0 Å². The van der Waals surface area contributed by atoms with E-state index in [0.29, 0.717) is 25.6 Å². The Balaban J connectivity index is 1.96. The summed E-state index contributed by atoms with van der Waals surface area (Å²) in [5.41, 5.74) is 1.18. The van der Waals surface area contributed by atoms with Gasteiger partial charge in [0.15, 0.2) is 0 Å². The number of morpholine rings is 1. The standard InChI is InChI=1S/C20H33N3O3/c1-4-26-18-7-5-17(6-8-18)19(23-11-13-25-14-12-23)15-22-20(24)21-10-9-16(2)3/h5-8,16,19H,4,9-15H2,1-3H3,(H2,21,22,24). The molecule has 0 radical (unpaired) electrons. The van der Waals surface area contributed by atoms with Crippen LogP contribution in [0.4, 0.5) is 4.79 Å². The van der Waals surface area contributed by atoms with E-state index in [0.717, 1.165) is 38.5 Å². The van der Waals surface area contributed by atoms with Gasteiger partial charge in [0.25, 0.3) is 0 Å². The molecule has 2 amide bonds. The molecule has 1 heterocycles. The van der Waals surface area contributed by atoms with Crippen LogP contribution in [0.15, 0.2) is 24.3 Å².